The van der Waals surface area contributed by atoms with Gasteiger partial charge in [-0.2, -0.15) is 0 Å². The third kappa shape index (κ3) is 4.33. The van der Waals surface area contributed by atoms with Crippen LogP contribution in [0.15, 0.2) is 18.2 Å². The van der Waals surface area contributed by atoms with Crippen LogP contribution >= 0.6 is 11.6 Å². The van der Waals surface area contributed by atoms with E-state index >= 15 is 0 Å². The molecular formula is C12H13ClFNO3. The molecule has 1 unspecified atom stereocenters. The summed E-state index contributed by atoms with van der Waals surface area (Å²) in [4.78, 5) is 20.9. The van der Waals surface area contributed by atoms with E-state index in [4.69, 9.17) is 16.7 Å². The van der Waals surface area contributed by atoms with E-state index in [1.54, 1.807) is 12.1 Å². The predicted octanol–water partition coefficient (Wildman–Crippen LogP) is 2.00. The molecule has 0 bridgehead atoms. The van der Waals surface area contributed by atoms with Gasteiger partial charge >= 0.3 is 5.97 Å². The fourth-order valence-electron chi connectivity index (χ4n) is 1.61. The molecule has 0 heterocycles. The van der Waals surface area contributed by atoms with Crippen molar-refractivity contribution in [1.29, 1.82) is 0 Å². The van der Waals surface area contributed by atoms with Crippen molar-refractivity contribution in [3.05, 3.63) is 34.6 Å². The summed E-state index contributed by atoms with van der Waals surface area (Å²) in [7, 11) is 0. The standard InChI is InChI=1S/C12H13ClFNO3/c13-10-3-1-2-8(12(10)14)6-9(15-7-16)4-5-11(17)18/h1-3,7,9H,4-6H2,(H,15,16)(H,17,18). The van der Waals surface area contributed by atoms with E-state index in [0.717, 1.165) is 0 Å². The van der Waals surface area contributed by atoms with Crippen molar-refractivity contribution < 1.29 is 19.1 Å². The summed E-state index contributed by atoms with van der Waals surface area (Å²) in [6, 6.07) is 4.17. The fourth-order valence-corrected chi connectivity index (χ4v) is 1.80. The number of carboxylic acid groups (broad SMARTS) is 1. The number of aliphatic carboxylic acids is 1. The summed E-state index contributed by atoms with van der Waals surface area (Å²) < 4.78 is 13.6. The number of amides is 1. The Morgan fingerprint density at radius 1 is 1.56 bits per heavy atom. The van der Waals surface area contributed by atoms with Gasteiger partial charge in [0, 0.05) is 12.5 Å². The molecule has 0 fully saturated rings. The maximum Gasteiger partial charge on any atom is 0.303 e. The van der Waals surface area contributed by atoms with Crippen LogP contribution in [0.1, 0.15) is 18.4 Å². The first-order valence-electron chi connectivity index (χ1n) is 5.39. The molecule has 1 rings (SSSR count). The van der Waals surface area contributed by atoms with Crippen molar-refractivity contribution in [1.82, 2.24) is 5.32 Å². The minimum Gasteiger partial charge on any atom is -0.481 e. The lowest BCUT2D eigenvalue weighted by molar-refractivity contribution is -0.137. The maximum absolute atomic E-state index is 13.6. The summed E-state index contributed by atoms with van der Waals surface area (Å²) in [5.41, 5.74) is 0.354. The third-order valence-electron chi connectivity index (χ3n) is 2.51. The Morgan fingerprint density at radius 3 is 2.89 bits per heavy atom. The second-order valence-corrected chi connectivity index (χ2v) is 4.24. The molecule has 0 aliphatic rings. The van der Waals surface area contributed by atoms with E-state index in [-0.39, 0.29) is 24.3 Å². The molecule has 1 aromatic rings. The van der Waals surface area contributed by atoms with E-state index in [2.05, 4.69) is 5.32 Å². The lowest BCUT2D eigenvalue weighted by Crippen LogP contribution is -2.31. The van der Waals surface area contributed by atoms with E-state index < -0.39 is 17.8 Å². The highest BCUT2D eigenvalue weighted by atomic mass is 35.5. The Balaban J connectivity index is 2.72. The number of halogens is 2. The molecular weight excluding hydrogens is 261 g/mol. The van der Waals surface area contributed by atoms with Crippen molar-refractivity contribution >= 4 is 24.0 Å². The number of benzene rings is 1. The Morgan fingerprint density at radius 2 is 2.28 bits per heavy atom. The molecule has 0 aliphatic carbocycles. The number of rotatable bonds is 7. The monoisotopic (exact) mass is 273 g/mol. The number of carbonyl (C=O) groups excluding carboxylic acids is 1. The molecule has 1 atom stereocenters. The third-order valence-corrected chi connectivity index (χ3v) is 2.80. The highest BCUT2D eigenvalue weighted by Gasteiger charge is 2.14. The Hall–Kier alpha value is -1.62. The van der Waals surface area contributed by atoms with Gasteiger partial charge in [-0.3, -0.25) is 9.59 Å². The smallest absolute Gasteiger partial charge is 0.303 e. The molecule has 1 amide bonds. The zero-order valence-electron chi connectivity index (χ0n) is 9.53. The van der Waals surface area contributed by atoms with Gasteiger partial charge in [0.15, 0.2) is 0 Å². The molecule has 18 heavy (non-hydrogen) atoms. The van der Waals surface area contributed by atoms with Gasteiger partial charge in [0.2, 0.25) is 6.41 Å². The Kier molecular flexibility index (Phi) is 5.58. The average molecular weight is 274 g/mol. The van der Waals surface area contributed by atoms with Crippen LogP contribution in [0.25, 0.3) is 0 Å². The highest BCUT2D eigenvalue weighted by Crippen LogP contribution is 2.19. The molecule has 0 spiro atoms. The van der Waals surface area contributed by atoms with Crippen LogP contribution in [-0.4, -0.2) is 23.5 Å². The van der Waals surface area contributed by atoms with Gasteiger partial charge in [0.05, 0.1) is 5.02 Å². The van der Waals surface area contributed by atoms with Crippen LogP contribution in [0.5, 0.6) is 0 Å². The van der Waals surface area contributed by atoms with Crippen molar-refractivity contribution in [3.8, 4) is 0 Å². The van der Waals surface area contributed by atoms with Crippen molar-refractivity contribution in [2.75, 3.05) is 0 Å². The molecule has 0 saturated heterocycles. The number of hydrogen-bond donors (Lipinski definition) is 2. The normalized spacial score (nSPS) is 11.9. The number of nitrogens with one attached hydrogen (secondary N) is 1. The van der Waals surface area contributed by atoms with Crippen molar-refractivity contribution in [3.63, 3.8) is 0 Å². The highest BCUT2D eigenvalue weighted by molar-refractivity contribution is 6.30. The predicted molar refractivity (Wildman–Crippen MR) is 65.0 cm³/mol. The summed E-state index contributed by atoms with van der Waals surface area (Å²) in [6.45, 7) is 0. The van der Waals surface area contributed by atoms with Gasteiger partial charge in [-0.25, -0.2) is 4.39 Å². The van der Waals surface area contributed by atoms with Crippen LogP contribution in [0.2, 0.25) is 5.02 Å². The summed E-state index contributed by atoms with van der Waals surface area (Å²) in [5, 5.41) is 11.1. The van der Waals surface area contributed by atoms with Gasteiger partial charge in [-0.15, -0.1) is 0 Å². The van der Waals surface area contributed by atoms with E-state index in [9.17, 15) is 14.0 Å². The van der Waals surface area contributed by atoms with Crippen LogP contribution in [0.4, 0.5) is 4.39 Å². The molecule has 98 valence electrons. The van der Waals surface area contributed by atoms with Gasteiger partial charge in [0.1, 0.15) is 5.82 Å². The number of carbonyl (C=O) groups is 2. The average Bonchev–Trinajstić information content (AvgIpc) is 2.32. The molecule has 0 saturated carbocycles. The first-order valence-corrected chi connectivity index (χ1v) is 5.76. The van der Waals surface area contributed by atoms with Crippen molar-refractivity contribution in [2.45, 2.75) is 25.3 Å². The minimum atomic E-state index is -0.959. The zero-order valence-corrected chi connectivity index (χ0v) is 10.3. The van der Waals surface area contributed by atoms with Gasteiger partial charge in [-0.1, -0.05) is 23.7 Å². The minimum absolute atomic E-state index is 0.00980. The first-order chi connectivity index (χ1) is 8.54. The lowest BCUT2D eigenvalue weighted by Gasteiger charge is -2.15. The number of hydrogen-bond acceptors (Lipinski definition) is 2. The summed E-state index contributed by atoms with van der Waals surface area (Å²) in [6.07, 6.45) is 0.834. The van der Waals surface area contributed by atoms with Crippen LogP contribution < -0.4 is 5.32 Å². The summed E-state index contributed by atoms with van der Waals surface area (Å²) in [5.74, 6) is -1.49. The van der Waals surface area contributed by atoms with Gasteiger partial charge in [-0.05, 0) is 24.5 Å². The van der Waals surface area contributed by atoms with Crippen LogP contribution in [-0.2, 0) is 16.0 Å². The molecule has 6 heteroatoms. The van der Waals surface area contributed by atoms with Crippen molar-refractivity contribution in [2.24, 2.45) is 0 Å². The second-order valence-electron chi connectivity index (χ2n) is 3.83. The zero-order chi connectivity index (χ0) is 13.5. The van der Waals surface area contributed by atoms with E-state index in [1.807, 2.05) is 0 Å². The molecule has 0 aliphatic heterocycles. The Labute approximate surface area is 109 Å². The molecule has 2 N–H and O–H groups in total. The largest absolute Gasteiger partial charge is 0.481 e. The molecule has 4 nitrogen and oxygen atoms in total. The molecule has 0 aromatic heterocycles. The second kappa shape index (κ2) is 6.96. The van der Waals surface area contributed by atoms with E-state index in [0.29, 0.717) is 12.0 Å². The lowest BCUT2D eigenvalue weighted by atomic mass is 10.0. The molecule has 0 radical (unpaired) electrons. The molecule has 1 aromatic carbocycles. The van der Waals surface area contributed by atoms with Gasteiger partial charge < -0.3 is 10.4 Å². The number of carboxylic acids is 1. The first kappa shape index (κ1) is 14.4. The van der Waals surface area contributed by atoms with Crippen LogP contribution in [0.3, 0.4) is 0 Å². The fraction of sp³-hybridized carbons (Fsp3) is 0.333. The van der Waals surface area contributed by atoms with E-state index in [1.165, 1.54) is 6.07 Å². The maximum atomic E-state index is 13.6. The summed E-state index contributed by atoms with van der Waals surface area (Å²) >= 11 is 5.64. The van der Waals surface area contributed by atoms with Crippen LogP contribution in [0, 0.1) is 5.82 Å². The Bertz CT molecular complexity index is 439. The SMILES string of the molecule is O=CNC(CCC(=O)O)Cc1cccc(Cl)c1F. The topological polar surface area (TPSA) is 66.4 Å². The quantitative estimate of drug-likeness (QED) is 0.747. The van der Waals surface area contributed by atoms with Gasteiger partial charge in [0.25, 0.3) is 0 Å².